The first kappa shape index (κ1) is 21.5. The molecule has 28 heavy (non-hydrogen) atoms. The summed E-state index contributed by atoms with van der Waals surface area (Å²) in [4.78, 5) is 34.4. The molecule has 2 rings (SSSR count). The van der Waals surface area contributed by atoms with Crippen molar-refractivity contribution in [1.82, 2.24) is 16.2 Å². The third-order valence-corrected chi connectivity index (χ3v) is 5.34. The number of carbonyl (C=O) groups is 2. The minimum absolute atomic E-state index is 0.0652. The van der Waals surface area contributed by atoms with Gasteiger partial charge in [0.2, 0.25) is 0 Å². The average Bonchev–Trinajstić information content (AvgIpc) is 2.68. The molecular weight excluding hydrogens is 384 g/mol. The first-order valence-electron chi connectivity index (χ1n) is 8.97. The number of hydrogen-bond donors (Lipinski definition) is 3. The van der Waals surface area contributed by atoms with E-state index in [1.54, 1.807) is 0 Å². The lowest BCUT2D eigenvalue weighted by molar-refractivity contribution is -0.384. The number of esters is 1. The van der Waals surface area contributed by atoms with Crippen molar-refractivity contribution in [3.05, 3.63) is 39.4 Å². The number of nitro benzene ring substituents is 1. The maximum atomic E-state index is 12.4. The minimum atomic E-state index is -0.775. The Labute approximate surface area is 168 Å². The SMILES string of the molecule is COC(=O)c1cc(C(=O)NNC(=S)N[C@@H]2CCC[C@@H](C)[C@H]2C)cc([N+](=O)[O-])c1. The van der Waals surface area contributed by atoms with E-state index in [1.807, 2.05) is 0 Å². The molecule has 0 heterocycles. The van der Waals surface area contributed by atoms with E-state index in [0.717, 1.165) is 32.1 Å². The summed E-state index contributed by atoms with van der Waals surface area (Å²) in [6.45, 7) is 4.37. The molecule has 3 N–H and O–H groups in total. The highest BCUT2D eigenvalue weighted by molar-refractivity contribution is 7.80. The molecule has 0 saturated heterocycles. The van der Waals surface area contributed by atoms with Crippen molar-refractivity contribution >= 4 is 34.9 Å². The number of nitrogens with zero attached hydrogens (tertiary/aromatic N) is 1. The Morgan fingerprint density at radius 2 is 1.86 bits per heavy atom. The van der Waals surface area contributed by atoms with Crippen LogP contribution in [0.25, 0.3) is 0 Å². The van der Waals surface area contributed by atoms with Crippen LogP contribution in [0, 0.1) is 22.0 Å². The van der Waals surface area contributed by atoms with Gasteiger partial charge in [0.15, 0.2) is 5.11 Å². The van der Waals surface area contributed by atoms with Crippen LogP contribution in [0.2, 0.25) is 0 Å². The zero-order chi connectivity index (χ0) is 20.8. The fourth-order valence-electron chi connectivity index (χ4n) is 3.26. The molecule has 0 aliphatic heterocycles. The summed E-state index contributed by atoms with van der Waals surface area (Å²) in [6, 6.07) is 3.56. The second kappa shape index (κ2) is 9.45. The summed E-state index contributed by atoms with van der Waals surface area (Å²) in [5.74, 6) is -0.403. The Morgan fingerprint density at radius 3 is 2.50 bits per heavy atom. The van der Waals surface area contributed by atoms with Crippen molar-refractivity contribution in [3.63, 3.8) is 0 Å². The Balaban J connectivity index is 2.02. The molecule has 0 bridgehead atoms. The van der Waals surface area contributed by atoms with Crippen molar-refractivity contribution in [2.75, 3.05) is 7.11 Å². The predicted octanol–water partition coefficient (Wildman–Crippen LogP) is 2.31. The Bertz CT molecular complexity index is 785. The van der Waals surface area contributed by atoms with Gasteiger partial charge in [0, 0.05) is 23.7 Å². The van der Waals surface area contributed by atoms with Crippen molar-refractivity contribution in [3.8, 4) is 0 Å². The number of non-ortho nitro benzene ring substituents is 1. The maximum absolute atomic E-state index is 12.4. The monoisotopic (exact) mass is 408 g/mol. The molecular formula is C18H24N4O5S. The minimum Gasteiger partial charge on any atom is -0.465 e. The van der Waals surface area contributed by atoms with Gasteiger partial charge in [0.25, 0.3) is 11.6 Å². The Hall–Kier alpha value is -2.75. The summed E-state index contributed by atoms with van der Waals surface area (Å²) in [5, 5.41) is 14.5. The van der Waals surface area contributed by atoms with Crippen LogP contribution in [-0.4, -0.2) is 35.1 Å². The molecule has 9 nitrogen and oxygen atoms in total. The predicted molar refractivity (Wildman–Crippen MR) is 107 cm³/mol. The van der Waals surface area contributed by atoms with Crippen molar-refractivity contribution < 1.29 is 19.2 Å². The lowest BCUT2D eigenvalue weighted by Crippen LogP contribution is -2.52. The lowest BCUT2D eigenvalue weighted by Gasteiger charge is -2.35. The second-order valence-electron chi connectivity index (χ2n) is 6.94. The summed E-state index contributed by atoms with van der Waals surface area (Å²) in [5.41, 5.74) is 4.46. The zero-order valence-electron chi connectivity index (χ0n) is 16.0. The first-order chi connectivity index (χ1) is 13.2. The number of nitro groups is 1. The van der Waals surface area contributed by atoms with Gasteiger partial charge in [-0.05, 0) is 36.5 Å². The van der Waals surface area contributed by atoms with E-state index in [2.05, 4.69) is 34.8 Å². The number of methoxy groups -OCH3 is 1. The molecule has 1 amide bonds. The van der Waals surface area contributed by atoms with Gasteiger partial charge in [0.05, 0.1) is 17.6 Å². The molecule has 1 saturated carbocycles. The van der Waals surface area contributed by atoms with E-state index in [-0.39, 0.29) is 22.3 Å². The van der Waals surface area contributed by atoms with E-state index in [0.29, 0.717) is 11.8 Å². The second-order valence-corrected chi connectivity index (χ2v) is 7.35. The third-order valence-electron chi connectivity index (χ3n) is 5.12. The highest BCUT2D eigenvalue weighted by Gasteiger charge is 2.27. The number of nitrogens with one attached hydrogen (secondary N) is 3. The molecule has 1 aromatic rings. The molecule has 10 heteroatoms. The summed E-state index contributed by atoms with van der Waals surface area (Å²) >= 11 is 5.23. The molecule has 1 fully saturated rings. The highest BCUT2D eigenvalue weighted by atomic mass is 32.1. The molecule has 0 spiro atoms. The Morgan fingerprint density at radius 1 is 1.18 bits per heavy atom. The normalized spacial score (nSPS) is 21.3. The van der Waals surface area contributed by atoms with Crippen LogP contribution in [0.1, 0.15) is 53.8 Å². The van der Waals surface area contributed by atoms with Gasteiger partial charge in [-0.15, -0.1) is 0 Å². The summed E-state index contributed by atoms with van der Waals surface area (Å²) in [6.07, 6.45) is 3.29. The number of amides is 1. The standard InChI is InChI=1S/C18H24N4O5S/c1-10-5-4-6-15(11(10)2)19-18(28)21-20-16(23)12-7-13(17(24)27-3)9-14(8-12)22(25)26/h7-11,15H,4-6H2,1-3H3,(H,20,23)(H2,19,21,28)/t10-,11-,15-/m1/s1. The molecule has 1 aliphatic rings. The van der Waals surface area contributed by atoms with Gasteiger partial charge in [-0.2, -0.15) is 0 Å². The van der Waals surface area contributed by atoms with Crippen LogP contribution in [0.3, 0.4) is 0 Å². The van der Waals surface area contributed by atoms with Crippen LogP contribution >= 0.6 is 12.2 Å². The lowest BCUT2D eigenvalue weighted by atomic mass is 9.78. The largest absolute Gasteiger partial charge is 0.465 e. The van der Waals surface area contributed by atoms with E-state index in [1.165, 1.54) is 12.5 Å². The number of rotatable bonds is 4. The van der Waals surface area contributed by atoms with Gasteiger partial charge in [-0.3, -0.25) is 25.8 Å². The van der Waals surface area contributed by atoms with E-state index < -0.39 is 22.5 Å². The van der Waals surface area contributed by atoms with Crippen molar-refractivity contribution in [1.29, 1.82) is 0 Å². The zero-order valence-corrected chi connectivity index (χ0v) is 16.8. The van der Waals surface area contributed by atoms with Crippen molar-refractivity contribution in [2.24, 2.45) is 11.8 Å². The maximum Gasteiger partial charge on any atom is 0.338 e. The van der Waals surface area contributed by atoms with Crippen LogP contribution in [-0.2, 0) is 4.74 Å². The number of hydrogen-bond acceptors (Lipinski definition) is 6. The van der Waals surface area contributed by atoms with Gasteiger partial charge >= 0.3 is 5.97 Å². The molecule has 3 atom stereocenters. The van der Waals surface area contributed by atoms with Crippen LogP contribution < -0.4 is 16.2 Å². The molecule has 0 radical (unpaired) electrons. The fraction of sp³-hybridized carbons (Fsp3) is 0.500. The number of ether oxygens (including phenoxy) is 1. The van der Waals surface area contributed by atoms with Crippen LogP contribution in [0.4, 0.5) is 5.69 Å². The average molecular weight is 408 g/mol. The highest BCUT2D eigenvalue weighted by Crippen LogP contribution is 2.29. The van der Waals surface area contributed by atoms with Gasteiger partial charge < -0.3 is 10.1 Å². The summed E-state index contributed by atoms with van der Waals surface area (Å²) < 4.78 is 4.57. The van der Waals surface area contributed by atoms with Gasteiger partial charge in [0.1, 0.15) is 0 Å². The molecule has 0 unspecified atom stereocenters. The number of thiocarbonyl (C=S) groups is 1. The number of hydrazine groups is 1. The van der Waals surface area contributed by atoms with E-state index in [9.17, 15) is 19.7 Å². The summed E-state index contributed by atoms with van der Waals surface area (Å²) in [7, 11) is 1.15. The van der Waals surface area contributed by atoms with Gasteiger partial charge in [-0.25, -0.2) is 4.79 Å². The smallest absolute Gasteiger partial charge is 0.338 e. The van der Waals surface area contributed by atoms with Crippen molar-refractivity contribution in [2.45, 2.75) is 39.2 Å². The molecule has 0 aromatic heterocycles. The molecule has 152 valence electrons. The fourth-order valence-corrected chi connectivity index (χ4v) is 3.46. The first-order valence-corrected chi connectivity index (χ1v) is 9.38. The quantitative estimate of drug-likeness (QED) is 0.300. The van der Waals surface area contributed by atoms with Gasteiger partial charge in [-0.1, -0.05) is 26.7 Å². The topological polar surface area (TPSA) is 123 Å². The number of carbonyl (C=O) groups excluding carboxylic acids is 2. The Kier molecular flexibility index (Phi) is 7.27. The van der Waals surface area contributed by atoms with Crippen LogP contribution in [0.5, 0.6) is 0 Å². The van der Waals surface area contributed by atoms with E-state index >= 15 is 0 Å². The molecule has 1 aliphatic carbocycles. The van der Waals surface area contributed by atoms with E-state index in [4.69, 9.17) is 12.2 Å². The van der Waals surface area contributed by atoms with Crippen LogP contribution in [0.15, 0.2) is 18.2 Å². The number of benzene rings is 1. The molecule has 1 aromatic carbocycles. The third kappa shape index (κ3) is 5.38.